The van der Waals surface area contributed by atoms with E-state index in [9.17, 15) is 4.79 Å². The van der Waals surface area contributed by atoms with Gasteiger partial charge in [0.2, 0.25) is 0 Å². The number of thiazole rings is 1. The van der Waals surface area contributed by atoms with Gasteiger partial charge in [-0.2, -0.15) is 0 Å². The number of ether oxygens (including phenoxy) is 1. The predicted octanol–water partition coefficient (Wildman–Crippen LogP) is 2.96. The minimum Gasteiger partial charge on any atom is -0.376 e. The van der Waals surface area contributed by atoms with Crippen molar-refractivity contribution in [3.05, 3.63) is 11.1 Å². The number of halogens is 1. The van der Waals surface area contributed by atoms with Crippen molar-refractivity contribution < 1.29 is 9.53 Å². The molecule has 1 fully saturated rings. The summed E-state index contributed by atoms with van der Waals surface area (Å²) in [5.41, 5.74) is 0.478. The van der Waals surface area contributed by atoms with Gasteiger partial charge < -0.3 is 9.64 Å². The van der Waals surface area contributed by atoms with Gasteiger partial charge in [-0.1, -0.05) is 6.92 Å². The van der Waals surface area contributed by atoms with Crippen molar-refractivity contribution in [1.82, 2.24) is 4.98 Å². The van der Waals surface area contributed by atoms with Crippen molar-refractivity contribution in [3.8, 4) is 0 Å². The first-order valence-electron chi connectivity index (χ1n) is 6.65. The van der Waals surface area contributed by atoms with Crippen molar-refractivity contribution in [2.75, 3.05) is 30.5 Å². The highest BCUT2D eigenvalue weighted by Crippen LogP contribution is 2.25. The zero-order valence-electron chi connectivity index (χ0n) is 11.1. The molecular formula is C13H19ClN2O2S. The number of hydrogen-bond acceptors (Lipinski definition) is 5. The molecule has 0 aliphatic carbocycles. The first-order chi connectivity index (χ1) is 9.24. The standard InChI is InChI=1S/C13H19ClN2O2S/c1-2-6-18-10-4-3-5-16(8-10)13-15-11(9-19-13)12(17)7-14/h9-10H,2-8H2,1H3. The molecule has 19 heavy (non-hydrogen) atoms. The molecule has 6 heteroatoms. The number of carbonyl (C=O) groups is 1. The van der Waals surface area contributed by atoms with Crippen molar-refractivity contribution in [2.45, 2.75) is 32.3 Å². The van der Waals surface area contributed by atoms with E-state index in [0.29, 0.717) is 5.69 Å². The van der Waals surface area contributed by atoms with Gasteiger partial charge in [0.05, 0.1) is 12.0 Å². The largest absolute Gasteiger partial charge is 0.376 e. The van der Waals surface area contributed by atoms with Gasteiger partial charge >= 0.3 is 0 Å². The first-order valence-corrected chi connectivity index (χ1v) is 8.07. The van der Waals surface area contributed by atoms with Crippen LogP contribution in [-0.2, 0) is 4.74 Å². The minimum absolute atomic E-state index is 0.00852. The summed E-state index contributed by atoms with van der Waals surface area (Å²) in [5, 5.41) is 2.69. The summed E-state index contributed by atoms with van der Waals surface area (Å²) in [5.74, 6) is -0.120. The van der Waals surface area contributed by atoms with Crippen LogP contribution in [0.1, 0.15) is 36.7 Å². The summed E-state index contributed by atoms with van der Waals surface area (Å²) >= 11 is 7.05. The molecule has 1 aromatic rings. The van der Waals surface area contributed by atoms with Crippen LogP contribution in [0.2, 0.25) is 0 Å². The van der Waals surface area contributed by atoms with Gasteiger partial charge in [0, 0.05) is 25.1 Å². The average molecular weight is 303 g/mol. The molecule has 1 unspecified atom stereocenters. The highest BCUT2D eigenvalue weighted by atomic mass is 35.5. The van der Waals surface area contributed by atoms with E-state index in [0.717, 1.165) is 44.1 Å². The molecule has 0 spiro atoms. The van der Waals surface area contributed by atoms with Gasteiger partial charge in [0.25, 0.3) is 0 Å². The van der Waals surface area contributed by atoms with E-state index in [-0.39, 0.29) is 17.8 Å². The number of alkyl halides is 1. The highest BCUT2D eigenvalue weighted by molar-refractivity contribution is 7.14. The lowest BCUT2D eigenvalue weighted by molar-refractivity contribution is 0.0440. The molecule has 0 bridgehead atoms. The zero-order chi connectivity index (χ0) is 13.7. The van der Waals surface area contributed by atoms with Crippen LogP contribution in [0, 0.1) is 0 Å². The fourth-order valence-corrected chi connectivity index (χ4v) is 3.14. The van der Waals surface area contributed by atoms with Gasteiger partial charge in [-0.05, 0) is 19.3 Å². The van der Waals surface area contributed by atoms with E-state index in [2.05, 4.69) is 16.8 Å². The van der Waals surface area contributed by atoms with Crippen LogP contribution in [0.3, 0.4) is 0 Å². The van der Waals surface area contributed by atoms with Crippen LogP contribution in [0.15, 0.2) is 5.38 Å². The molecule has 0 aromatic carbocycles. The maximum Gasteiger partial charge on any atom is 0.196 e. The summed E-state index contributed by atoms with van der Waals surface area (Å²) in [6, 6.07) is 0. The smallest absolute Gasteiger partial charge is 0.196 e. The van der Waals surface area contributed by atoms with Crippen molar-refractivity contribution in [1.29, 1.82) is 0 Å². The fourth-order valence-electron chi connectivity index (χ4n) is 2.14. The van der Waals surface area contributed by atoms with Gasteiger partial charge in [0.1, 0.15) is 5.69 Å². The van der Waals surface area contributed by atoms with Crippen LogP contribution in [0.5, 0.6) is 0 Å². The lowest BCUT2D eigenvalue weighted by Gasteiger charge is -2.32. The molecule has 1 saturated heterocycles. The van der Waals surface area contributed by atoms with E-state index < -0.39 is 0 Å². The van der Waals surface area contributed by atoms with Crippen LogP contribution >= 0.6 is 22.9 Å². The number of Topliss-reactive ketones (excluding diaryl/α,β-unsaturated/α-hetero) is 1. The Bertz CT molecular complexity index is 425. The summed E-state index contributed by atoms with van der Waals surface area (Å²) in [6.07, 6.45) is 3.54. The normalized spacial score (nSPS) is 19.7. The molecule has 1 aliphatic heterocycles. The second kappa shape index (κ2) is 7.22. The van der Waals surface area contributed by atoms with E-state index >= 15 is 0 Å². The Morgan fingerprint density at radius 3 is 3.26 bits per heavy atom. The summed E-state index contributed by atoms with van der Waals surface area (Å²) in [4.78, 5) is 18.1. The van der Waals surface area contributed by atoms with Gasteiger partial charge in [-0.3, -0.25) is 4.79 Å². The van der Waals surface area contributed by atoms with Gasteiger partial charge in [0.15, 0.2) is 10.9 Å². The van der Waals surface area contributed by atoms with Crippen LogP contribution in [-0.4, -0.2) is 42.4 Å². The van der Waals surface area contributed by atoms with Gasteiger partial charge in [-0.25, -0.2) is 4.98 Å². The number of aromatic nitrogens is 1. The Labute approximate surface area is 122 Å². The zero-order valence-corrected chi connectivity index (χ0v) is 12.7. The third-order valence-electron chi connectivity index (χ3n) is 3.11. The second-order valence-corrected chi connectivity index (χ2v) is 5.76. The molecule has 1 aliphatic rings. The Kier molecular flexibility index (Phi) is 5.60. The number of nitrogens with zero attached hydrogens (tertiary/aromatic N) is 2. The topological polar surface area (TPSA) is 42.4 Å². The molecule has 1 atom stereocenters. The average Bonchev–Trinajstić information content (AvgIpc) is 2.94. The number of carbonyl (C=O) groups excluding carboxylic acids is 1. The Balaban J connectivity index is 1.97. The molecule has 2 rings (SSSR count). The maximum atomic E-state index is 11.5. The molecule has 1 aromatic heterocycles. The lowest BCUT2D eigenvalue weighted by atomic mass is 10.1. The quantitative estimate of drug-likeness (QED) is 0.598. The monoisotopic (exact) mass is 302 g/mol. The third-order valence-corrected chi connectivity index (χ3v) is 4.25. The SMILES string of the molecule is CCCOC1CCCN(c2nc(C(=O)CCl)cs2)C1. The predicted molar refractivity (Wildman–Crippen MR) is 78.6 cm³/mol. The second-order valence-electron chi connectivity index (χ2n) is 4.65. The van der Waals surface area contributed by atoms with Crippen molar-refractivity contribution >= 4 is 33.9 Å². The maximum absolute atomic E-state index is 11.5. The molecule has 106 valence electrons. The molecule has 2 heterocycles. The number of rotatable bonds is 6. The molecule has 0 radical (unpaired) electrons. The molecule has 4 nitrogen and oxygen atoms in total. The Morgan fingerprint density at radius 2 is 2.53 bits per heavy atom. The molecule has 0 amide bonds. The molecular weight excluding hydrogens is 284 g/mol. The molecule has 0 saturated carbocycles. The van der Waals surface area contributed by atoms with Gasteiger partial charge in [-0.15, -0.1) is 22.9 Å². The highest BCUT2D eigenvalue weighted by Gasteiger charge is 2.23. The minimum atomic E-state index is -0.111. The number of hydrogen-bond donors (Lipinski definition) is 0. The van der Waals surface area contributed by atoms with E-state index in [1.165, 1.54) is 11.3 Å². The number of anilines is 1. The number of ketones is 1. The number of piperidine rings is 1. The fraction of sp³-hybridized carbons (Fsp3) is 0.692. The Hall–Kier alpha value is -0.650. The van der Waals surface area contributed by atoms with E-state index in [1.54, 1.807) is 5.38 Å². The third kappa shape index (κ3) is 3.91. The summed E-state index contributed by atoms with van der Waals surface area (Å²) < 4.78 is 5.81. The van der Waals surface area contributed by atoms with Crippen molar-refractivity contribution in [2.24, 2.45) is 0 Å². The van der Waals surface area contributed by atoms with Crippen LogP contribution in [0.25, 0.3) is 0 Å². The first kappa shape index (κ1) is 14.8. The Morgan fingerprint density at radius 1 is 1.68 bits per heavy atom. The van der Waals surface area contributed by atoms with E-state index in [1.807, 2.05) is 0 Å². The van der Waals surface area contributed by atoms with E-state index in [4.69, 9.17) is 16.3 Å². The van der Waals surface area contributed by atoms with Crippen LogP contribution in [0.4, 0.5) is 5.13 Å². The lowest BCUT2D eigenvalue weighted by Crippen LogP contribution is -2.39. The molecule has 0 N–H and O–H groups in total. The van der Waals surface area contributed by atoms with Crippen LogP contribution < -0.4 is 4.90 Å². The van der Waals surface area contributed by atoms with Crippen molar-refractivity contribution in [3.63, 3.8) is 0 Å². The summed E-state index contributed by atoms with van der Waals surface area (Å²) in [6.45, 7) is 4.77. The summed E-state index contributed by atoms with van der Waals surface area (Å²) in [7, 11) is 0.